The van der Waals surface area contributed by atoms with Crippen LogP contribution in [0.1, 0.15) is 35.1 Å². The lowest BCUT2D eigenvalue weighted by molar-refractivity contribution is -0.146. The number of carbonyl (C=O) groups is 1. The molecule has 0 bridgehead atoms. The van der Waals surface area contributed by atoms with E-state index in [0.717, 1.165) is 22.3 Å². The fourth-order valence-corrected chi connectivity index (χ4v) is 3.48. The molecule has 152 valence electrons. The number of hydrogen-bond acceptors (Lipinski definition) is 4. The number of nitrogens with zero attached hydrogens (tertiary/aromatic N) is 1. The minimum Gasteiger partial charge on any atom is -0.489 e. The van der Waals surface area contributed by atoms with Gasteiger partial charge < -0.3 is 9.47 Å². The van der Waals surface area contributed by atoms with E-state index in [1.807, 2.05) is 85.8 Å². The highest BCUT2D eigenvalue weighted by atomic mass is 16.5. The van der Waals surface area contributed by atoms with E-state index in [1.54, 1.807) is 6.92 Å². The Morgan fingerprint density at radius 2 is 1.67 bits per heavy atom. The lowest BCUT2D eigenvalue weighted by Crippen LogP contribution is -2.25. The first-order chi connectivity index (χ1) is 14.6. The van der Waals surface area contributed by atoms with Crippen LogP contribution in [0.2, 0.25) is 0 Å². The second-order valence-electron chi connectivity index (χ2n) is 7.06. The Balaban J connectivity index is 2.05. The van der Waals surface area contributed by atoms with Crippen LogP contribution < -0.4 is 4.74 Å². The SMILES string of the molecule is CCOC(=O)C(C#N)[C@H](c1ccccc1)c1cc(C)ccc1OCc1ccccc1. The molecule has 0 aliphatic carbocycles. The molecule has 0 aromatic heterocycles. The van der Waals surface area contributed by atoms with Crippen molar-refractivity contribution >= 4 is 5.97 Å². The van der Waals surface area contributed by atoms with Gasteiger partial charge in [-0.2, -0.15) is 5.26 Å². The van der Waals surface area contributed by atoms with Crippen molar-refractivity contribution < 1.29 is 14.3 Å². The third-order valence-corrected chi connectivity index (χ3v) is 4.91. The monoisotopic (exact) mass is 399 g/mol. The van der Waals surface area contributed by atoms with E-state index >= 15 is 0 Å². The molecule has 3 rings (SSSR count). The number of aryl methyl sites for hydroxylation is 1. The predicted octanol–water partition coefficient (Wildman–Crippen LogP) is 5.41. The van der Waals surface area contributed by atoms with Gasteiger partial charge in [0.2, 0.25) is 0 Å². The van der Waals surface area contributed by atoms with Crippen molar-refractivity contribution in [3.05, 3.63) is 101 Å². The molecule has 1 unspecified atom stereocenters. The molecule has 0 N–H and O–H groups in total. The number of ether oxygens (including phenoxy) is 2. The molecule has 0 aliphatic rings. The zero-order valence-corrected chi connectivity index (χ0v) is 17.2. The zero-order chi connectivity index (χ0) is 21.3. The van der Waals surface area contributed by atoms with Crippen molar-refractivity contribution in [1.29, 1.82) is 5.26 Å². The predicted molar refractivity (Wildman–Crippen MR) is 116 cm³/mol. The Labute approximate surface area is 177 Å². The van der Waals surface area contributed by atoms with Crippen LogP contribution in [-0.2, 0) is 16.1 Å². The number of rotatable bonds is 8. The topological polar surface area (TPSA) is 59.3 Å². The first kappa shape index (κ1) is 21.1. The highest BCUT2D eigenvalue weighted by Crippen LogP contribution is 2.39. The molecule has 0 spiro atoms. The van der Waals surface area contributed by atoms with Crippen LogP contribution in [0.5, 0.6) is 5.75 Å². The Morgan fingerprint density at radius 3 is 2.30 bits per heavy atom. The summed E-state index contributed by atoms with van der Waals surface area (Å²) in [6.07, 6.45) is 0. The van der Waals surface area contributed by atoms with E-state index in [2.05, 4.69) is 6.07 Å². The van der Waals surface area contributed by atoms with E-state index in [9.17, 15) is 10.1 Å². The van der Waals surface area contributed by atoms with Crippen LogP contribution in [0.25, 0.3) is 0 Å². The molecule has 0 heterocycles. The number of benzene rings is 3. The van der Waals surface area contributed by atoms with Gasteiger partial charge in [0.05, 0.1) is 12.7 Å². The van der Waals surface area contributed by atoms with Crippen LogP contribution >= 0.6 is 0 Å². The molecule has 0 saturated heterocycles. The summed E-state index contributed by atoms with van der Waals surface area (Å²) in [6, 6.07) is 27.5. The fraction of sp³-hybridized carbons (Fsp3) is 0.231. The Morgan fingerprint density at radius 1 is 1.00 bits per heavy atom. The first-order valence-corrected chi connectivity index (χ1v) is 10.0. The quantitative estimate of drug-likeness (QED) is 0.475. The average Bonchev–Trinajstić information content (AvgIpc) is 2.78. The maximum absolute atomic E-state index is 12.7. The first-order valence-electron chi connectivity index (χ1n) is 10.0. The van der Waals surface area contributed by atoms with Crippen LogP contribution in [-0.4, -0.2) is 12.6 Å². The smallest absolute Gasteiger partial charge is 0.324 e. The molecule has 0 fully saturated rings. The van der Waals surface area contributed by atoms with Gasteiger partial charge in [0.15, 0.2) is 5.92 Å². The third-order valence-electron chi connectivity index (χ3n) is 4.91. The van der Waals surface area contributed by atoms with Crippen molar-refractivity contribution in [3.8, 4) is 11.8 Å². The number of esters is 1. The summed E-state index contributed by atoms with van der Waals surface area (Å²) in [7, 11) is 0. The highest BCUT2D eigenvalue weighted by Gasteiger charge is 2.34. The Hall–Kier alpha value is -3.58. The summed E-state index contributed by atoms with van der Waals surface area (Å²) >= 11 is 0. The number of carbonyl (C=O) groups excluding carboxylic acids is 1. The number of nitriles is 1. The molecule has 0 amide bonds. The summed E-state index contributed by atoms with van der Waals surface area (Å²) < 4.78 is 11.4. The fourth-order valence-electron chi connectivity index (χ4n) is 3.48. The van der Waals surface area contributed by atoms with Gasteiger partial charge in [-0.25, -0.2) is 0 Å². The van der Waals surface area contributed by atoms with Gasteiger partial charge in [-0.05, 0) is 31.0 Å². The van der Waals surface area contributed by atoms with Gasteiger partial charge in [-0.1, -0.05) is 78.4 Å². The third kappa shape index (κ3) is 5.07. The average molecular weight is 399 g/mol. The minimum absolute atomic E-state index is 0.226. The summed E-state index contributed by atoms with van der Waals surface area (Å²) in [5, 5.41) is 9.89. The van der Waals surface area contributed by atoms with Crippen LogP contribution in [0.3, 0.4) is 0 Å². The van der Waals surface area contributed by atoms with Crippen molar-refractivity contribution in [2.75, 3.05) is 6.61 Å². The Kier molecular flexibility index (Phi) is 7.24. The zero-order valence-electron chi connectivity index (χ0n) is 17.2. The van der Waals surface area contributed by atoms with E-state index in [1.165, 1.54) is 0 Å². The largest absolute Gasteiger partial charge is 0.489 e. The van der Waals surface area contributed by atoms with E-state index in [4.69, 9.17) is 9.47 Å². The molecule has 4 nitrogen and oxygen atoms in total. The van der Waals surface area contributed by atoms with Gasteiger partial charge in [0, 0.05) is 11.5 Å². The van der Waals surface area contributed by atoms with Gasteiger partial charge >= 0.3 is 5.97 Å². The van der Waals surface area contributed by atoms with Crippen molar-refractivity contribution in [1.82, 2.24) is 0 Å². The summed E-state index contributed by atoms with van der Waals surface area (Å²) in [4.78, 5) is 12.7. The highest BCUT2D eigenvalue weighted by molar-refractivity contribution is 5.78. The molecule has 0 aliphatic heterocycles. The molecular weight excluding hydrogens is 374 g/mol. The molecular formula is C26H25NO3. The standard InChI is InChI=1S/C26H25NO3/c1-3-29-26(28)23(17-27)25(21-12-8-5-9-13-21)22-16-19(2)14-15-24(22)30-18-20-10-6-4-7-11-20/h4-16,23,25H,3,18H2,1-2H3/t23?,25-/m1/s1. The second kappa shape index (κ2) is 10.3. The van der Waals surface area contributed by atoms with Crippen LogP contribution in [0.4, 0.5) is 0 Å². The normalized spacial score (nSPS) is 12.4. The molecule has 2 atom stereocenters. The van der Waals surface area contributed by atoms with E-state index < -0.39 is 17.8 Å². The number of hydrogen-bond donors (Lipinski definition) is 0. The van der Waals surface area contributed by atoms with Gasteiger partial charge in [0.1, 0.15) is 12.4 Å². The maximum Gasteiger partial charge on any atom is 0.324 e. The molecule has 4 heteroatoms. The van der Waals surface area contributed by atoms with E-state index in [0.29, 0.717) is 12.4 Å². The van der Waals surface area contributed by atoms with Crippen molar-refractivity contribution in [3.63, 3.8) is 0 Å². The van der Waals surface area contributed by atoms with Crippen molar-refractivity contribution in [2.24, 2.45) is 5.92 Å². The van der Waals surface area contributed by atoms with Crippen molar-refractivity contribution in [2.45, 2.75) is 26.4 Å². The lowest BCUT2D eigenvalue weighted by atomic mass is 9.80. The summed E-state index contributed by atoms with van der Waals surface area (Å²) in [5.41, 5.74) is 3.74. The van der Waals surface area contributed by atoms with Crippen LogP contribution in [0.15, 0.2) is 78.9 Å². The Bertz CT molecular complexity index is 1010. The van der Waals surface area contributed by atoms with Gasteiger partial charge in [-0.15, -0.1) is 0 Å². The maximum atomic E-state index is 12.7. The molecule has 3 aromatic rings. The molecule has 30 heavy (non-hydrogen) atoms. The minimum atomic E-state index is -0.978. The summed E-state index contributed by atoms with van der Waals surface area (Å²) in [6.45, 7) is 4.35. The molecule has 3 aromatic carbocycles. The molecule has 0 radical (unpaired) electrons. The summed E-state index contributed by atoms with van der Waals surface area (Å²) in [5.74, 6) is -1.35. The lowest BCUT2D eigenvalue weighted by Gasteiger charge is -2.24. The molecule has 0 saturated carbocycles. The second-order valence-corrected chi connectivity index (χ2v) is 7.06. The van der Waals surface area contributed by atoms with Gasteiger partial charge in [0.25, 0.3) is 0 Å². The van der Waals surface area contributed by atoms with Gasteiger partial charge in [-0.3, -0.25) is 4.79 Å². The van der Waals surface area contributed by atoms with Crippen LogP contribution in [0, 0.1) is 24.2 Å². The van der Waals surface area contributed by atoms with E-state index in [-0.39, 0.29) is 6.61 Å².